The molecule has 1 aliphatic heterocycles. The Kier molecular flexibility index (Phi) is 5.46. The molecule has 3 aromatic rings. The Bertz CT molecular complexity index is 1090. The lowest BCUT2D eigenvalue weighted by Crippen LogP contribution is -2.30. The Morgan fingerprint density at radius 1 is 1.17 bits per heavy atom. The van der Waals surface area contributed by atoms with Gasteiger partial charge in [0.1, 0.15) is 17.3 Å². The molecule has 1 aromatic heterocycles. The van der Waals surface area contributed by atoms with Crippen LogP contribution < -0.4 is 20.3 Å². The number of ether oxygens (including phenoxy) is 2. The molecule has 7 heteroatoms. The smallest absolute Gasteiger partial charge is 0.261 e. The number of benzene rings is 2. The number of hydrogen-bond acceptors (Lipinski definition) is 5. The lowest BCUT2D eigenvalue weighted by Gasteiger charge is -2.09. The van der Waals surface area contributed by atoms with Crippen molar-refractivity contribution < 1.29 is 14.3 Å². The molecule has 0 radical (unpaired) electrons. The van der Waals surface area contributed by atoms with Crippen molar-refractivity contribution in [2.24, 2.45) is 0 Å². The molecular formula is C22H23N3O4. The number of nitrogens with zero attached hydrogens (tertiary/aromatic N) is 2. The van der Waals surface area contributed by atoms with E-state index < -0.39 is 0 Å². The molecule has 29 heavy (non-hydrogen) atoms. The third kappa shape index (κ3) is 4.23. The number of aromatic nitrogens is 2. The normalized spacial score (nSPS) is 12.6. The third-order valence-electron chi connectivity index (χ3n) is 5.05. The molecule has 1 aliphatic rings. The van der Waals surface area contributed by atoms with Crippen molar-refractivity contribution in [1.29, 1.82) is 0 Å². The first-order valence-electron chi connectivity index (χ1n) is 9.70. The van der Waals surface area contributed by atoms with E-state index in [9.17, 15) is 9.59 Å². The number of carbonyl (C=O) groups is 1. The van der Waals surface area contributed by atoms with Crippen LogP contribution in [0.5, 0.6) is 11.5 Å². The first kappa shape index (κ1) is 19.0. The molecule has 0 aliphatic carbocycles. The summed E-state index contributed by atoms with van der Waals surface area (Å²) in [4.78, 5) is 29.2. The van der Waals surface area contributed by atoms with Crippen LogP contribution in [0.2, 0.25) is 0 Å². The summed E-state index contributed by atoms with van der Waals surface area (Å²) >= 11 is 0. The molecule has 1 amide bonds. The molecule has 1 N–H and O–H groups in total. The number of amides is 1. The topological polar surface area (TPSA) is 82.4 Å². The van der Waals surface area contributed by atoms with Crippen LogP contribution in [0, 0.1) is 0 Å². The lowest BCUT2D eigenvalue weighted by atomic mass is 10.1. The minimum atomic E-state index is -0.206. The van der Waals surface area contributed by atoms with Gasteiger partial charge in [0.2, 0.25) is 0 Å². The highest BCUT2D eigenvalue weighted by Gasteiger charge is 2.16. The second kappa shape index (κ2) is 8.34. The van der Waals surface area contributed by atoms with E-state index in [0.717, 1.165) is 36.4 Å². The molecule has 2 heterocycles. The van der Waals surface area contributed by atoms with Crippen LogP contribution in [-0.2, 0) is 24.2 Å². The Hall–Kier alpha value is -3.35. The number of nitrogens with one attached hydrogen (secondary N) is 1. The molecule has 150 valence electrons. The van der Waals surface area contributed by atoms with E-state index in [1.807, 2.05) is 24.3 Å². The maximum atomic E-state index is 12.6. The van der Waals surface area contributed by atoms with Gasteiger partial charge in [-0.2, -0.15) is 0 Å². The fraction of sp³-hybridized carbons (Fsp3) is 0.318. The van der Waals surface area contributed by atoms with Crippen LogP contribution in [0.15, 0.2) is 47.3 Å². The van der Waals surface area contributed by atoms with Gasteiger partial charge in [-0.05, 0) is 48.7 Å². The van der Waals surface area contributed by atoms with Crippen molar-refractivity contribution in [2.45, 2.75) is 25.8 Å². The van der Waals surface area contributed by atoms with E-state index in [4.69, 9.17) is 9.47 Å². The number of carbonyl (C=O) groups excluding carboxylic acids is 1. The first-order chi connectivity index (χ1) is 14.1. The summed E-state index contributed by atoms with van der Waals surface area (Å²) in [5.74, 6) is 1.93. The molecule has 7 nitrogen and oxygen atoms in total. The summed E-state index contributed by atoms with van der Waals surface area (Å²) < 4.78 is 12.4. The van der Waals surface area contributed by atoms with E-state index in [1.165, 1.54) is 0 Å². The van der Waals surface area contributed by atoms with Crippen molar-refractivity contribution >= 4 is 16.8 Å². The van der Waals surface area contributed by atoms with Crippen LogP contribution in [0.3, 0.4) is 0 Å². The fourth-order valence-corrected chi connectivity index (χ4v) is 3.49. The second-order valence-electron chi connectivity index (χ2n) is 7.00. The summed E-state index contributed by atoms with van der Waals surface area (Å²) in [7, 11) is 1.63. The molecule has 0 spiro atoms. The van der Waals surface area contributed by atoms with Gasteiger partial charge in [0, 0.05) is 19.5 Å². The van der Waals surface area contributed by atoms with E-state index in [0.29, 0.717) is 29.7 Å². The molecule has 0 bridgehead atoms. The number of fused-ring (bicyclic) bond motifs is 2. The summed E-state index contributed by atoms with van der Waals surface area (Å²) in [5, 5.41) is 3.36. The van der Waals surface area contributed by atoms with Gasteiger partial charge in [-0.3, -0.25) is 14.2 Å². The zero-order chi connectivity index (χ0) is 20.2. The van der Waals surface area contributed by atoms with Crippen LogP contribution in [-0.4, -0.2) is 35.7 Å². The van der Waals surface area contributed by atoms with Crippen LogP contribution in [0.4, 0.5) is 0 Å². The van der Waals surface area contributed by atoms with Crippen molar-refractivity contribution in [2.75, 3.05) is 20.3 Å². The van der Waals surface area contributed by atoms with E-state index in [-0.39, 0.29) is 18.1 Å². The van der Waals surface area contributed by atoms with E-state index >= 15 is 0 Å². The summed E-state index contributed by atoms with van der Waals surface area (Å²) in [6, 6.07) is 12.9. The number of rotatable bonds is 7. The minimum Gasteiger partial charge on any atom is -0.497 e. The molecule has 2 aromatic carbocycles. The Morgan fingerprint density at radius 2 is 1.97 bits per heavy atom. The van der Waals surface area contributed by atoms with Crippen molar-refractivity contribution in [3.8, 4) is 11.5 Å². The van der Waals surface area contributed by atoms with Gasteiger partial charge in [0.15, 0.2) is 6.61 Å². The van der Waals surface area contributed by atoms with Crippen LogP contribution in [0.1, 0.15) is 17.8 Å². The Morgan fingerprint density at radius 3 is 2.76 bits per heavy atom. The first-order valence-corrected chi connectivity index (χ1v) is 9.70. The lowest BCUT2D eigenvalue weighted by molar-refractivity contribution is -0.123. The van der Waals surface area contributed by atoms with Gasteiger partial charge in [0.25, 0.3) is 11.5 Å². The predicted molar refractivity (Wildman–Crippen MR) is 110 cm³/mol. The van der Waals surface area contributed by atoms with E-state index in [2.05, 4.69) is 10.3 Å². The predicted octanol–water partition coefficient (Wildman–Crippen LogP) is 2.09. The number of methoxy groups -OCH3 is 1. The maximum absolute atomic E-state index is 12.6. The molecular weight excluding hydrogens is 370 g/mol. The van der Waals surface area contributed by atoms with Gasteiger partial charge >= 0.3 is 0 Å². The molecule has 0 saturated carbocycles. The van der Waals surface area contributed by atoms with Gasteiger partial charge in [-0.15, -0.1) is 0 Å². The largest absolute Gasteiger partial charge is 0.497 e. The monoisotopic (exact) mass is 393 g/mol. The number of hydrogen-bond donors (Lipinski definition) is 1. The van der Waals surface area contributed by atoms with Gasteiger partial charge in [0.05, 0.1) is 18.0 Å². The molecule has 0 unspecified atom stereocenters. The number of aryl methyl sites for hydroxylation is 1. The highest BCUT2D eigenvalue weighted by Crippen LogP contribution is 2.19. The minimum absolute atomic E-state index is 0.0445. The van der Waals surface area contributed by atoms with Crippen molar-refractivity contribution in [1.82, 2.24) is 14.9 Å². The van der Waals surface area contributed by atoms with Crippen LogP contribution >= 0.6 is 0 Å². The quantitative estimate of drug-likeness (QED) is 0.665. The second-order valence-corrected chi connectivity index (χ2v) is 7.00. The van der Waals surface area contributed by atoms with Gasteiger partial charge in [-0.25, -0.2) is 4.98 Å². The van der Waals surface area contributed by atoms with Gasteiger partial charge in [-0.1, -0.05) is 12.1 Å². The summed E-state index contributed by atoms with van der Waals surface area (Å²) in [6.45, 7) is 1.12. The standard InChI is InChI=1S/C22H23N3O4/c1-28-16-6-4-15(5-7-16)10-11-23-21(26)14-29-17-8-9-19-18(13-17)22(27)25-12-2-3-20(25)24-19/h4-9,13H,2-3,10-12,14H2,1H3,(H,23,26). The zero-order valence-electron chi connectivity index (χ0n) is 16.3. The average Bonchev–Trinajstić information content (AvgIpc) is 3.22. The molecule has 4 rings (SSSR count). The average molecular weight is 393 g/mol. The van der Waals surface area contributed by atoms with Crippen molar-refractivity contribution in [3.05, 3.63) is 64.2 Å². The maximum Gasteiger partial charge on any atom is 0.261 e. The summed E-state index contributed by atoms with van der Waals surface area (Å²) in [5.41, 5.74) is 1.73. The highest BCUT2D eigenvalue weighted by atomic mass is 16.5. The SMILES string of the molecule is COc1ccc(CCNC(=O)COc2ccc3nc4n(c(=O)c3c2)CCC4)cc1. The highest BCUT2D eigenvalue weighted by molar-refractivity contribution is 5.80. The Labute approximate surface area is 168 Å². The van der Waals surface area contributed by atoms with Gasteiger partial charge < -0.3 is 14.8 Å². The molecule has 0 fully saturated rings. The molecule has 0 saturated heterocycles. The zero-order valence-corrected chi connectivity index (χ0v) is 16.3. The molecule has 0 atom stereocenters. The van der Waals surface area contributed by atoms with Crippen molar-refractivity contribution in [3.63, 3.8) is 0 Å². The summed E-state index contributed by atoms with van der Waals surface area (Å²) in [6.07, 6.45) is 2.50. The fourth-order valence-electron chi connectivity index (χ4n) is 3.49. The third-order valence-corrected chi connectivity index (χ3v) is 5.05. The van der Waals surface area contributed by atoms with E-state index in [1.54, 1.807) is 29.9 Å². The Balaban J connectivity index is 1.32. The van der Waals surface area contributed by atoms with Crippen LogP contribution in [0.25, 0.3) is 10.9 Å².